The minimum absolute atomic E-state index is 0.176. The van der Waals surface area contributed by atoms with Crippen LogP contribution in [0.25, 0.3) is 0 Å². The van der Waals surface area contributed by atoms with Gasteiger partial charge < -0.3 is 0 Å². The van der Waals surface area contributed by atoms with Crippen LogP contribution in [0.3, 0.4) is 0 Å². The molecule has 0 aliphatic rings. The van der Waals surface area contributed by atoms with Gasteiger partial charge in [-0.2, -0.15) is 0 Å². The molecule has 0 aromatic carbocycles. The van der Waals surface area contributed by atoms with Gasteiger partial charge in [-0.1, -0.05) is 31.9 Å². The van der Waals surface area contributed by atoms with Gasteiger partial charge in [-0.25, -0.2) is 0 Å². The summed E-state index contributed by atoms with van der Waals surface area (Å²) < 4.78 is 1.23. The van der Waals surface area contributed by atoms with Crippen molar-refractivity contribution in [1.29, 1.82) is 0 Å². The minimum Gasteiger partial charge on any atom is -0.126 e. The Hall–Kier alpha value is 0.280. The Morgan fingerprint density at radius 1 is 1.14 bits per heavy atom. The van der Waals surface area contributed by atoms with E-state index < -0.39 is 0 Å². The van der Waals surface area contributed by atoms with Gasteiger partial charge >= 0.3 is 0 Å². The van der Waals surface area contributed by atoms with Crippen LogP contribution in [0.4, 0.5) is 0 Å². The fourth-order valence-electron chi connectivity index (χ4n) is 1.07. The van der Waals surface area contributed by atoms with Crippen LogP contribution in [-0.4, -0.2) is 9.48 Å². The lowest BCUT2D eigenvalue weighted by molar-refractivity contribution is 0.356. The highest BCUT2D eigenvalue weighted by atomic mass is 35.5. The van der Waals surface area contributed by atoms with Gasteiger partial charge in [-0.05, 0) is 56.7 Å². The molecule has 3 heteroatoms. The first-order valence-corrected chi connectivity index (χ1v) is 5.95. The van der Waals surface area contributed by atoms with Gasteiger partial charge in [0.1, 0.15) is 0 Å². The van der Waals surface area contributed by atoms with Crippen molar-refractivity contribution in [1.82, 2.24) is 3.94 Å². The molecule has 0 unspecified atom stereocenters. The highest BCUT2D eigenvalue weighted by molar-refractivity contribution is 6.34. The van der Waals surface area contributed by atoms with Crippen molar-refractivity contribution in [2.45, 2.75) is 58.4 Å². The van der Waals surface area contributed by atoms with Crippen LogP contribution in [-0.2, 0) is 0 Å². The Bertz CT molecular complexity index is 165. The van der Waals surface area contributed by atoms with Crippen molar-refractivity contribution in [3.05, 3.63) is 12.2 Å². The predicted octanol–water partition coefficient (Wildman–Crippen LogP) is 4.90. The third-order valence-electron chi connectivity index (χ3n) is 2.22. The molecule has 0 heterocycles. The molecule has 0 rings (SSSR count). The van der Waals surface area contributed by atoms with E-state index in [1.807, 2.05) is 13.8 Å². The average molecular weight is 238 g/mol. The third kappa shape index (κ3) is 6.69. The molecule has 0 aromatic rings. The molecule has 0 saturated carbocycles. The van der Waals surface area contributed by atoms with Crippen LogP contribution in [0.5, 0.6) is 0 Å². The van der Waals surface area contributed by atoms with Crippen LogP contribution in [0.2, 0.25) is 0 Å². The number of allylic oxidation sites excluding steroid dienone is 1. The molecule has 0 radical (unpaired) electrons. The number of hydrogen-bond acceptors (Lipinski definition) is 1. The molecule has 0 spiro atoms. The molecule has 0 saturated heterocycles. The molecule has 0 N–H and O–H groups in total. The Kier molecular flexibility index (Phi) is 7.71. The number of unbranched alkanes of at least 4 members (excludes halogenated alkanes) is 3. The molecule has 0 amide bonds. The average Bonchev–Trinajstić information content (AvgIpc) is 2.10. The van der Waals surface area contributed by atoms with Crippen molar-refractivity contribution >= 4 is 23.6 Å². The molecule has 0 aromatic heterocycles. The highest BCUT2D eigenvalue weighted by Gasteiger charge is 2.22. The van der Waals surface area contributed by atoms with Gasteiger partial charge in [0.2, 0.25) is 0 Å². The maximum atomic E-state index is 5.70. The van der Waals surface area contributed by atoms with Gasteiger partial charge in [0.15, 0.2) is 0 Å². The molecular formula is C11H21Cl2N. The zero-order chi connectivity index (χ0) is 11.0. The zero-order valence-corrected chi connectivity index (χ0v) is 10.9. The van der Waals surface area contributed by atoms with E-state index in [1.54, 1.807) is 0 Å². The fraction of sp³-hybridized carbons (Fsp3) is 0.818. The second-order valence-corrected chi connectivity index (χ2v) is 5.07. The lowest BCUT2D eigenvalue weighted by atomic mass is 10.0. The van der Waals surface area contributed by atoms with Gasteiger partial charge in [0.25, 0.3) is 0 Å². The summed E-state index contributed by atoms with van der Waals surface area (Å²) in [5, 5.41) is 0. The normalized spacial score (nSPS) is 13.0. The lowest BCUT2D eigenvalue weighted by Crippen LogP contribution is -2.29. The van der Waals surface area contributed by atoms with Crippen molar-refractivity contribution in [3.63, 3.8) is 0 Å². The summed E-state index contributed by atoms with van der Waals surface area (Å²) in [5.74, 6) is 0. The fourth-order valence-corrected chi connectivity index (χ4v) is 1.21. The Balaban J connectivity index is 3.60. The van der Waals surface area contributed by atoms with Crippen LogP contribution in [0.15, 0.2) is 12.2 Å². The van der Waals surface area contributed by atoms with Gasteiger partial charge in [-0.3, -0.25) is 0 Å². The second-order valence-electron chi connectivity index (χ2n) is 4.22. The van der Waals surface area contributed by atoms with Crippen molar-refractivity contribution in [2.75, 3.05) is 0 Å². The first-order valence-electron chi connectivity index (χ1n) is 5.27. The molecule has 14 heavy (non-hydrogen) atoms. The maximum Gasteiger partial charge on any atom is 0.0504 e. The molecule has 0 fully saturated rings. The summed E-state index contributed by atoms with van der Waals surface area (Å²) in [6.07, 6.45) is 10.3. The molecule has 0 aliphatic heterocycles. The summed E-state index contributed by atoms with van der Waals surface area (Å²) in [7, 11) is 0. The van der Waals surface area contributed by atoms with Crippen LogP contribution >= 0.6 is 23.6 Å². The van der Waals surface area contributed by atoms with E-state index in [4.69, 9.17) is 23.6 Å². The summed E-state index contributed by atoms with van der Waals surface area (Å²) in [6, 6.07) is 0. The number of halogens is 2. The quantitative estimate of drug-likeness (QED) is 0.346. The summed E-state index contributed by atoms with van der Waals surface area (Å²) in [4.78, 5) is 0. The molecule has 0 atom stereocenters. The highest BCUT2D eigenvalue weighted by Crippen LogP contribution is 2.23. The monoisotopic (exact) mass is 237 g/mol. The molecule has 1 nitrogen and oxygen atoms in total. The number of hydrogen-bond donors (Lipinski definition) is 0. The molecule has 0 bridgehead atoms. The lowest BCUT2D eigenvalue weighted by Gasteiger charge is -2.25. The smallest absolute Gasteiger partial charge is 0.0504 e. The Morgan fingerprint density at radius 3 is 2.29 bits per heavy atom. The van der Waals surface area contributed by atoms with E-state index in [-0.39, 0.29) is 5.54 Å². The first kappa shape index (κ1) is 14.3. The zero-order valence-electron chi connectivity index (χ0n) is 9.39. The third-order valence-corrected chi connectivity index (χ3v) is 3.13. The van der Waals surface area contributed by atoms with E-state index in [0.29, 0.717) is 0 Å². The summed E-state index contributed by atoms with van der Waals surface area (Å²) in [5.41, 5.74) is -0.176. The van der Waals surface area contributed by atoms with Crippen molar-refractivity contribution in [3.8, 4) is 0 Å². The van der Waals surface area contributed by atoms with Gasteiger partial charge in [0.05, 0.1) is 5.54 Å². The Labute approximate surface area is 98.3 Å². The van der Waals surface area contributed by atoms with E-state index >= 15 is 0 Å². The van der Waals surface area contributed by atoms with Crippen molar-refractivity contribution in [2.24, 2.45) is 0 Å². The van der Waals surface area contributed by atoms with Crippen LogP contribution in [0, 0.1) is 0 Å². The predicted molar refractivity (Wildman–Crippen MR) is 65.5 cm³/mol. The summed E-state index contributed by atoms with van der Waals surface area (Å²) in [6.45, 7) is 6.25. The maximum absolute atomic E-state index is 5.70. The van der Waals surface area contributed by atoms with E-state index in [9.17, 15) is 0 Å². The number of nitrogens with zero attached hydrogens (tertiary/aromatic N) is 1. The molecule has 84 valence electrons. The number of rotatable bonds is 7. The topological polar surface area (TPSA) is 3.24 Å². The second kappa shape index (κ2) is 7.56. The standard InChI is InChI=1S/C11H21Cl2N/c1-4-5-6-7-8-9-10-11(2,3)14(12)13/h8-9H,4-7,10H2,1-3H3/b9-8+. The largest absolute Gasteiger partial charge is 0.126 e. The van der Waals surface area contributed by atoms with Crippen molar-refractivity contribution < 1.29 is 0 Å². The van der Waals surface area contributed by atoms with E-state index in [1.165, 1.54) is 23.2 Å². The first-order chi connectivity index (χ1) is 6.50. The van der Waals surface area contributed by atoms with Gasteiger partial charge in [0, 0.05) is 0 Å². The molecule has 0 aliphatic carbocycles. The molecular weight excluding hydrogens is 217 g/mol. The van der Waals surface area contributed by atoms with Crippen LogP contribution in [0.1, 0.15) is 52.9 Å². The van der Waals surface area contributed by atoms with Crippen LogP contribution < -0.4 is 0 Å². The minimum atomic E-state index is -0.176. The summed E-state index contributed by atoms with van der Waals surface area (Å²) >= 11 is 11.4. The van der Waals surface area contributed by atoms with E-state index in [2.05, 4.69) is 19.1 Å². The SMILES string of the molecule is CCCCC/C=C/CC(C)(C)N(Cl)Cl. The van der Waals surface area contributed by atoms with E-state index in [0.717, 1.165) is 12.8 Å². The van der Waals surface area contributed by atoms with Gasteiger partial charge in [-0.15, -0.1) is 3.94 Å². The Morgan fingerprint density at radius 2 is 1.79 bits per heavy atom.